The molecule has 1 atom stereocenters. The summed E-state index contributed by atoms with van der Waals surface area (Å²) in [6.07, 6.45) is 2.59. The molecule has 0 amide bonds. The summed E-state index contributed by atoms with van der Waals surface area (Å²) >= 11 is 0. The van der Waals surface area contributed by atoms with Crippen molar-refractivity contribution < 1.29 is 14.6 Å². The number of aliphatic hydroxyl groups is 1. The molecule has 0 saturated carbocycles. The zero-order chi connectivity index (χ0) is 24.5. The molecule has 3 rings (SSSR count). The van der Waals surface area contributed by atoms with Gasteiger partial charge in [-0.15, -0.1) is 0 Å². The molecule has 0 saturated heterocycles. The summed E-state index contributed by atoms with van der Waals surface area (Å²) in [5, 5.41) is 15.5. The third-order valence-electron chi connectivity index (χ3n) is 5.77. The first-order valence-electron chi connectivity index (χ1n) is 12.2. The first-order valence-corrected chi connectivity index (χ1v) is 12.2. The first kappa shape index (κ1) is 25.8. The lowest BCUT2D eigenvalue weighted by atomic mass is 10.1. The monoisotopic (exact) mass is 465 g/mol. The Morgan fingerprint density at radius 3 is 2.29 bits per heavy atom. The number of unbranched alkanes of at least 4 members (excludes halogenated alkanes) is 1. The van der Waals surface area contributed by atoms with Crippen molar-refractivity contribution >= 4 is 0 Å². The fraction of sp³-hybridized carbons (Fsp3) is 0.464. The molecule has 1 aromatic heterocycles. The fourth-order valence-electron chi connectivity index (χ4n) is 4.18. The highest BCUT2D eigenvalue weighted by molar-refractivity contribution is 5.65. The number of nitrogens with zero attached hydrogens (tertiary/aromatic N) is 3. The van der Waals surface area contributed by atoms with E-state index >= 15 is 0 Å². The van der Waals surface area contributed by atoms with Gasteiger partial charge in [0.1, 0.15) is 17.2 Å². The Morgan fingerprint density at radius 2 is 1.68 bits per heavy atom. The summed E-state index contributed by atoms with van der Waals surface area (Å²) in [4.78, 5) is 2.33. The molecule has 0 spiro atoms. The number of hydrogen-bond acceptors (Lipinski definition) is 5. The Morgan fingerprint density at radius 1 is 1.00 bits per heavy atom. The van der Waals surface area contributed by atoms with Crippen LogP contribution in [-0.4, -0.2) is 46.1 Å². The summed E-state index contributed by atoms with van der Waals surface area (Å²) in [6.45, 7) is 8.73. The molecule has 184 valence electrons. The molecule has 0 radical (unpaired) electrons. The SMILES string of the molecule is CCCC[C@H](O)CN(Cc1c(-c2ccccc2)nn(C)c1Oc1ccc(OC)cc1)CC(C)C. The van der Waals surface area contributed by atoms with E-state index in [1.54, 1.807) is 7.11 Å². The van der Waals surface area contributed by atoms with Gasteiger partial charge in [-0.1, -0.05) is 63.9 Å². The van der Waals surface area contributed by atoms with Crippen molar-refractivity contribution in [3.63, 3.8) is 0 Å². The number of methoxy groups -OCH3 is 1. The minimum atomic E-state index is -0.346. The second kappa shape index (κ2) is 12.6. The maximum atomic E-state index is 10.7. The maximum Gasteiger partial charge on any atom is 0.222 e. The minimum absolute atomic E-state index is 0.346. The average Bonchev–Trinajstić information content (AvgIpc) is 3.13. The van der Waals surface area contributed by atoms with Gasteiger partial charge in [-0.25, -0.2) is 4.68 Å². The highest BCUT2D eigenvalue weighted by atomic mass is 16.5. The number of aromatic nitrogens is 2. The van der Waals surface area contributed by atoms with Gasteiger partial charge in [0, 0.05) is 32.2 Å². The molecule has 6 nitrogen and oxygen atoms in total. The van der Waals surface area contributed by atoms with E-state index in [1.165, 1.54) is 0 Å². The molecule has 6 heteroatoms. The van der Waals surface area contributed by atoms with Crippen molar-refractivity contribution in [2.75, 3.05) is 20.2 Å². The lowest BCUT2D eigenvalue weighted by Crippen LogP contribution is -2.35. The fourth-order valence-corrected chi connectivity index (χ4v) is 4.18. The highest BCUT2D eigenvalue weighted by Crippen LogP contribution is 2.34. The minimum Gasteiger partial charge on any atom is -0.497 e. The number of aryl methyl sites for hydroxylation is 1. The van der Waals surface area contributed by atoms with E-state index in [9.17, 15) is 5.11 Å². The van der Waals surface area contributed by atoms with Crippen LogP contribution in [0.25, 0.3) is 11.3 Å². The second-order valence-corrected chi connectivity index (χ2v) is 9.28. The van der Waals surface area contributed by atoms with Gasteiger partial charge < -0.3 is 14.6 Å². The van der Waals surface area contributed by atoms with E-state index in [-0.39, 0.29) is 6.10 Å². The summed E-state index contributed by atoms with van der Waals surface area (Å²) in [6, 6.07) is 17.8. The molecule has 0 aliphatic heterocycles. The van der Waals surface area contributed by atoms with Gasteiger partial charge in [-0.3, -0.25) is 4.90 Å². The van der Waals surface area contributed by atoms with Gasteiger partial charge in [0.05, 0.1) is 18.8 Å². The molecular weight excluding hydrogens is 426 g/mol. The van der Waals surface area contributed by atoms with Crippen LogP contribution in [0.4, 0.5) is 0 Å². The zero-order valence-corrected chi connectivity index (χ0v) is 21.2. The van der Waals surface area contributed by atoms with Crippen molar-refractivity contribution in [3.8, 4) is 28.6 Å². The van der Waals surface area contributed by atoms with Crippen molar-refractivity contribution in [1.82, 2.24) is 14.7 Å². The predicted octanol–water partition coefficient (Wildman–Crippen LogP) is 5.90. The van der Waals surface area contributed by atoms with Crippen molar-refractivity contribution in [2.24, 2.45) is 13.0 Å². The topological polar surface area (TPSA) is 59.8 Å². The standard InChI is InChI=1S/C28H39N3O3/c1-6-7-13-23(32)19-31(18-21(2)3)20-26-27(22-11-9-8-10-12-22)29-30(4)28(26)34-25-16-14-24(33-5)15-17-25/h8-12,14-17,21,23,32H,6-7,13,18-20H2,1-5H3/t23-/m0/s1. The Balaban J connectivity index is 1.96. The van der Waals surface area contributed by atoms with Crippen LogP contribution in [0.3, 0.4) is 0 Å². The van der Waals surface area contributed by atoms with E-state index in [0.29, 0.717) is 24.9 Å². The van der Waals surface area contributed by atoms with Gasteiger partial charge in [0.15, 0.2) is 0 Å². The van der Waals surface area contributed by atoms with Gasteiger partial charge in [0.25, 0.3) is 0 Å². The number of rotatable bonds is 13. The summed E-state index contributed by atoms with van der Waals surface area (Å²) < 4.78 is 13.5. The van der Waals surface area contributed by atoms with Crippen molar-refractivity contribution in [1.29, 1.82) is 0 Å². The van der Waals surface area contributed by atoms with Crippen molar-refractivity contribution in [2.45, 2.75) is 52.7 Å². The molecule has 1 heterocycles. The summed E-state index contributed by atoms with van der Waals surface area (Å²) in [7, 11) is 3.57. The smallest absolute Gasteiger partial charge is 0.222 e. The Kier molecular flexibility index (Phi) is 9.54. The van der Waals surface area contributed by atoms with E-state index in [2.05, 4.69) is 37.8 Å². The number of ether oxygens (including phenoxy) is 2. The maximum absolute atomic E-state index is 10.7. The molecule has 1 N–H and O–H groups in total. The van der Waals surface area contributed by atoms with Crippen LogP contribution in [0.15, 0.2) is 54.6 Å². The van der Waals surface area contributed by atoms with Crippen LogP contribution < -0.4 is 9.47 Å². The molecule has 0 bridgehead atoms. The molecular formula is C28H39N3O3. The number of benzene rings is 2. The Labute approximate surface area is 204 Å². The largest absolute Gasteiger partial charge is 0.497 e. The second-order valence-electron chi connectivity index (χ2n) is 9.28. The van der Waals surface area contributed by atoms with E-state index in [4.69, 9.17) is 14.6 Å². The van der Waals surface area contributed by atoms with E-state index < -0.39 is 0 Å². The Bertz CT molecular complexity index is 1000. The normalized spacial score (nSPS) is 12.4. The quantitative estimate of drug-likeness (QED) is 0.341. The lowest BCUT2D eigenvalue weighted by Gasteiger charge is -2.27. The third-order valence-corrected chi connectivity index (χ3v) is 5.77. The van der Waals surface area contributed by atoms with Gasteiger partial charge in [-0.2, -0.15) is 5.10 Å². The summed E-state index contributed by atoms with van der Waals surface area (Å²) in [5.41, 5.74) is 2.98. The van der Waals surface area contributed by atoms with Crippen LogP contribution in [0.5, 0.6) is 17.4 Å². The third kappa shape index (κ3) is 7.08. The molecule has 3 aromatic rings. The van der Waals surface area contributed by atoms with E-state index in [0.717, 1.165) is 54.1 Å². The lowest BCUT2D eigenvalue weighted by molar-refractivity contribution is 0.0929. The van der Waals surface area contributed by atoms with E-state index in [1.807, 2.05) is 54.2 Å². The average molecular weight is 466 g/mol. The summed E-state index contributed by atoms with van der Waals surface area (Å²) in [5.74, 6) is 2.69. The number of hydrogen-bond donors (Lipinski definition) is 1. The zero-order valence-electron chi connectivity index (χ0n) is 21.2. The predicted molar refractivity (Wildman–Crippen MR) is 137 cm³/mol. The van der Waals surface area contributed by atoms with Crippen LogP contribution >= 0.6 is 0 Å². The molecule has 0 aliphatic rings. The Hall–Kier alpha value is -2.83. The van der Waals surface area contributed by atoms with Crippen molar-refractivity contribution in [3.05, 3.63) is 60.2 Å². The van der Waals surface area contributed by atoms with Crippen LogP contribution in [-0.2, 0) is 13.6 Å². The van der Waals surface area contributed by atoms with Gasteiger partial charge >= 0.3 is 0 Å². The molecule has 0 aliphatic carbocycles. The first-order chi connectivity index (χ1) is 16.4. The molecule has 0 unspecified atom stereocenters. The van der Waals surface area contributed by atoms with Gasteiger partial charge in [-0.05, 0) is 36.6 Å². The van der Waals surface area contributed by atoms with Crippen LogP contribution in [0, 0.1) is 5.92 Å². The molecule has 0 fully saturated rings. The number of aliphatic hydroxyl groups excluding tert-OH is 1. The van der Waals surface area contributed by atoms with Crippen LogP contribution in [0.1, 0.15) is 45.6 Å². The van der Waals surface area contributed by atoms with Crippen LogP contribution in [0.2, 0.25) is 0 Å². The highest BCUT2D eigenvalue weighted by Gasteiger charge is 2.23. The van der Waals surface area contributed by atoms with Gasteiger partial charge in [0.2, 0.25) is 5.88 Å². The molecule has 2 aromatic carbocycles. The molecule has 34 heavy (non-hydrogen) atoms.